The standard InChI is InChI=1S/C15H25NO3/c1-6-13(16-10(2)3)15(17)12-8-7-11(18-4)9-14(12)19-5/h7-10,13,15-17H,6H2,1-5H3. The van der Waals surface area contributed by atoms with Crippen molar-refractivity contribution in [2.45, 2.75) is 45.4 Å². The summed E-state index contributed by atoms with van der Waals surface area (Å²) in [5.41, 5.74) is 0.781. The molecule has 0 aliphatic carbocycles. The molecule has 0 amide bonds. The summed E-state index contributed by atoms with van der Waals surface area (Å²) in [6, 6.07) is 5.81. The van der Waals surface area contributed by atoms with Crippen LogP contribution in [0.3, 0.4) is 0 Å². The number of benzene rings is 1. The predicted octanol–water partition coefficient (Wildman–Crippen LogP) is 2.51. The molecule has 0 saturated heterocycles. The fourth-order valence-electron chi connectivity index (χ4n) is 2.14. The van der Waals surface area contributed by atoms with Crippen LogP contribution in [0.1, 0.15) is 38.9 Å². The van der Waals surface area contributed by atoms with Gasteiger partial charge in [0, 0.05) is 23.7 Å². The van der Waals surface area contributed by atoms with Gasteiger partial charge >= 0.3 is 0 Å². The van der Waals surface area contributed by atoms with Crippen LogP contribution in [0.2, 0.25) is 0 Å². The van der Waals surface area contributed by atoms with Crippen molar-refractivity contribution in [3.63, 3.8) is 0 Å². The highest BCUT2D eigenvalue weighted by molar-refractivity contribution is 5.42. The first-order chi connectivity index (χ1) is 9.03. The number of hydrogen-bond donors (Lipinski definition) is 2. The van der Waals surface area contributed by atoms with E-state index in [1.807, 2.05) is 12.1 Å². The highest BCUT2D eigenvalue weighted by Gasteiger charge is 2.23. The van der Waals surface area contributed by atoms with Gasteiger partial charge < -0.3 is 19.9 Å². The van der Waals surface area contributed by atoms with Gasteiger partial charge in [-0.3, -0.25) is 0 Å². The normalized spacial score (nSPS) is 14.3. The molecule has 1 aromatic carbocycles. The molecule has 0 radical (unpaired) electrons. The van der Waals surface area contributed by atoms with Crippen LogP contribution >= 0.6 is 0 Å². The number of aliphatic hydroxyl groups excluding tert-OH is 1. The Morgan fingerprint density at radius 1 is 1.21 bits per heavy atom. The summed E-state index contributed by atoms with van der Waals surface area (Å²) in [6.45, 7) is 6.19. The number of nitrogens with one attached hydrogen (secondary N) is 1. The molecule has 2 atom stereocenters. The van der Waals surface area contributed by atoms with Gasteiger partial charge in [0.15, 0.2) is 0 Å². The number of hydrogen-bond acceptors (Lipinski definition) is 4. The van der Waals surface area contributed by atoms with Gasteiger partial charge in [-0.15, -0.1) is 0 Å². The molecule has 1 aromatic rings. The molecule has 0 bridgehead atoms. The van der Waals surface area contributed by atoms with Crippen LogP contribution in [-0.4, -0.2) is 31.4 Å². The van der Waals surface area contributed by atoms with Crippen LogP contribution in [0, 0.1) is 0 Å². The molecular weight excluding hydrogens is 242 g/mol. The van der Waals surface area contributed by atoms with Crippen LogP contribution < -0.4 is 14.8 Å². The Morgan fingerprint density at radius 3 is 2.37 bits per heavy atom. The Bertz CT molecular complexity index is 393. The monoisotopic (exact) mass is 267 g/mol. The van der Waals surface area contributed by atoms with Gasteiger partial charge in [-0.1, -0.05) is 20.8 Å². The Kier molecular flexibility index (Phi) is 6.12. The quantitative estimate of drug-likeness (QED) is 0.797. The Hall–Kier alpha value is -1.26. The molecule has 0 aromatic heterocycles. The van der Waals surface area contributed by atoms with Gasteiger partial charge in [-0.25, -0.2) is 0 Å². The van der Waals surface area contributed by atoms with Crippen molar-refractivity contribution in [2.75, 3.05) is 14.2 Å². The van der Waals surface area contributed by atoms with Gasteiger partial charge in [-0.05, 0) is 18.6 Å². The van der Waals surface area contributed by atoms with Gasteiger partial charge in [0.05, 0.1) is 20.3 Å². The second kappa shape index (κ2) is 7.36. The Labute approximate surface area is 115 Å². The lowest BCUT2D eigenvalue weighted by Crippen LogP contribution is -2.39. The lowest BCUT2D eigenvalue weighted by atomic mass is 9.98. The van der Waals surface area contributed by atoms with Crippen LogP contribution in [-0.2, 0) is 0 Å². The third-order valence-corrected chi connectivity index (χ3v) is 3.13. The molecule has 1 rings (SSSR count). The summed E-state index contributed by atoms with van der Waals surface area (Å²) < 4.78 is 10.5. The molecule has 4 nitrogen and oxygen atoms in total. The molecule has 0 aliphatic heterocycles. The second-order valence-corrected chi connectivity index (χ2v) is 4.89. The highest BCUT2D eigenvalue weighted by atomic mass is 16.5. The van der Waals surface area contributed by atoms with Crippen LogP contribution in [0.5, 0.6) is 11.5 Å². The van der Waals surface area contributed by atoms with Gasteiger partial charge in [0.1, 0.15) is 11.5 Å². The number of ether oxygens (including phenoxy) is 2. The highest BCUT2D eigenvalue weighted by Crippen LogP contribution is 2.31. The first-order valence-electron chi connectivity index (χ1n) is 6.69. The lowest BCUT2D eigenvalue weighted by molar-refractivity contribution is 0.118. The minimum atomic E-state index is -0.603. The zero-order valence-corrected chi connectivity index (χ0v) is 12.4. The number of rotatable bonds is 7. The van der Waals surface area contributed by atoms with E-state index in [-0.39, 0.29) is 6.04 Å². The topological polar surface area (TPSA) is 50.7 Å². The molecule has 19 heavy (non-hydrogen) atoms. The Balaban J connectivity index is 2.99. The molecule has 0 saturated carbocycles. The molecule has 4 heteroatoms. The first-order valence-corrected chi connectivity index (χ1v) is 6.69. The molecule has 0 fully saturated rings. The van der Waals surface area contributed by atoms with Crippen molar-refractivity contribution in [1.29, 1.82) is 0 Å². The average molecular weight is 267 g/mol. The molecule has 0 aliphatic rings. The van der Waals surface area contributed by atoms with E-state index in [0.717, 1.165) is 17.7 Å². The SMILES string of the molecule is CCC(NC(C)C)C(O)c1ccc(OC)cc1OC. The molecule has 2 unspecified atom stereocenters. The maximum absolute atomic E-state index is 10.5. The molecular formula is C15H25NO3. The van der Waals surface area contributed by atoms with Crippen molar-refractivity contribution < 1.29 is 14.6 Å². The second-order valence-electron chi connectivity index (χ2n) is 4.89. The van der Waals surface area contributed by atoms with E-state index in [0.29, 0.717) is 11.8 Å². The third kappa shape index (κ3) is 4.11. The minimum Gasteiger partial charge on any atom is -0.497 e. The minimum absolute atomic E-state index is 0.00212. The predicted molar refractivity (Wildman–Crippen MR) is 76.9 cm³/mol. The summed E-state index contributed by atoms with van der Waals surface area (Å²) in [5.74, 6) is 1.37. The van der Waals surface area contributed by atoms with Crippen molar-refractivity contribution in [1.82, 2.24) is 5.32 Å². The molecule has 108 valence electrons. The third-order valence-electron chi connectivity index (χ3n) is 3.13. The largest absolute Gasteiger partial charge is 0.497 e. The van der Waals surface area contributed by atoms with E-state index in [4.69, 9.17) is 9.47 Å². The summed E-state index contributed by atoms with van der Waals surface area (Å²) in [4.78, 5) is 0. The smallest absolute Gasteiger partial charge is 0.128 e. The van der Waals surface area contributed by atoms with Gasteiger partial charge in [0.2, 0.25) is 0 Å². The Morgan fingerprint density at radius 2 is 1.89 bits per heavy atom. The van der Waals surface area contributed by atoms with Crippen LogP contribution in [0.4, 0.5) is 0 Å². The van der Waals surface area contributed by atoms with Crippen molar-refractivity contribution in [3.05, 3.63) is 23.8 Å². The average Bonchev–Trinajstić information content (AvgIpc) is 2.42. The summed E-state index contributed by atoms with van der Waals surface area (Å²) in [7, 11) is 3.21. The van der Waals surface area contributed by atoms with Crippen molar-refractivity contribution in [2.24, 2.45) is 0 Å². The van der Waals surface area contributed by atoms with Gasteiger partial charge in [-0.2, -0.15) is 0 Å². The van der Waals surface area contributed by atoms with Crippen molar-refractivity contribution in [3.8, 4) is 11.5 Å². The van der Waals surface area contributed by atoms with E-state index in [1.54, 1.807) is 20.3 Å². The van der Waals surface area contributed by atoms with Crippen LogP contribution in [0.15, 0.2) is 18.2 Å². The van der Waals surface area contributed by atoms with Gasteiger partial charge in [0.25, 0.3) is 0 Å². The molecule has 0 heterocycles. The first kappa shape index (κ1) is 15.8. The summed E-state index contributed by atoms with van der Waals surface area (Å²) >= 11 is 0. The van der Waals surface area contributed by atoms with E-state index in [1.165, 1.54) is 0 Å². The lowest BCUT2D eigenvalue weighted by Gasteiger charge is -2.26. The van der Waals surface area contributed by atoms with E-state index >= 15 is 0 Å². The zero-order chi connectivity index (χ0) is 14.4. The fraction of sp³-hybridized carbons (Fsp3) is 0.600. The summed E-state index contributed by atoms with van der Waals surface area (Å²) in [6.07, 6.45) is 0.238. The summed E-state index contributed by atoms with van der Waals surface area (Å²) in [5, 5.41) is 13.9. The molecule has 0 spiro atoms. The maximum atomic E-state index is 10.5. The number of aliphatic hydroxyl groups is 1. The van der Waals surface area contributed by atoms with Crippen LogP contribution in [0.25, 0.3) is 0 Å². The van der Waals surface area contributed by atoms with Crippen molar-refractivity contribution >= 4 is 0 Å². The number of methoxy groups -OCH3 is 2. The zero-order valence-electron chi connectivity index (χ0n) is 12.4. The van der Waals surface area contributed by atoms with E-state index in [2.05, 4.69) is 26.1 Å². The fourth-order valence-corrected chi connectivity index (χ4v) is 2.14. The molecule has 2 N–H and O–H groups in total. The van der Waals surface area contributed by atoms with E-state index in [9.17, 15) is 5.11 Å². The van der Waals surface area contributed by atoms with E-state index < -0.39 is 6.10 Å². The maximum Gasteiger partial charge on any atom is 0.128 e.